The number of nitrogens with zero attached hydrogens (tertiary/aromatic N) is 2. The van der Waals surface area contributed by atoms with E-state index >= 15 is 0 Å². The van der Waals surface area contributed by atoms with E-state index in [0.717, 1.165) is 21.6 Å². The number of hydrogen-bond acceptors (Lipinski definition) is 2. The monoisotopic (exact) mass is 353 g/mol. The van der Waals surface area contributed by atoms with Gasteiger partial charge < -0.3 is 10.3 Å². The highest BCUT2D eigenvalue weighted by atomic mass is 79.9. The van der Waals surface area contributed by atoms with E-state index in [1.54, 1.807) is 0 Å². The Morgan fingerprint density at radius 3 is 2.75 bits per heavy atom. The van der Waals surface area contributed by atoms with Crippen molar-refractivity contribution in [3.63, 3.8) is 0 Å². The molecule has 3 nitrogen and oxygen atoms in total. The number of anilines is 1. The van der Waals surface area contributed by atoms with Gasteiger partial charge in [-0.05, 0) is 31.0 Å². The quantitative estimate of drug-likeness (QED) is 0.846. The van der Waals surface area contributed by atoms with Crippen LogP contribution in [0.5, 0.6) is 0 Å². The number of hydrogen-bond donors (Lipinski definition) is 1. The van der Waals surface area contributed by atoms with Crippen LogP contribution in [0.1, 0.15) is 37.4 Å². The molecule has 2 aromatic rings. The van der Waals surface area contributed by atoms with Crippen LogP contribution in [0.25, 0.3) is 11.3 Å². The van der Waals surface area contributed by atoms with E-state index in [0.29, 0.717) is 16.8 Å². The fourth-order valence-electron chi connectivity index (χ4n) is 2.96. The number of rotatable bonds is 2. The third kappa shape index (κ3) is 2.35. The third-order valence-corrected chi connectivity index (χ3v) is 5.00. The first-order chi connectivity index (χ1) is 9.58. The molecular formula is C15H17BrClN3. The van der Waals surface area contributed by atoms with Crippen molar-refractivity contribution in [3.05, 3.63) is 33.5 Å². The average Bonchev–Trinajstić information content (AvgIpc) is 3.04. The molecule has 1 aromatic carbocycles. The summed E-state index contributed by atoms with van der Waals surface area (Å²) in [6.07, 6.45) is 4.99. The average molecular weight is 355 g/mol. The van der Waals surface area contributed by atoms with E-state index in [1.165, 1.54) is 25.7 Å². The number of nitrogen functional groups attached to an aromatic ring is 1. The largest absolute Gasteiger partial charge is 0.383 e. The zero-order chi connectivity index (χ0) is 14.3. The Morgan fingerprint density at radius 1 is 1.35 bits per heavy atom. The number of nitrogens with two attached hydrogens (primary N) is 1. The molecule has 20 heavy (non-hydrogen) atoms. The third-order valence-electron chi connectivity index (χ3n) is 4.08. The van der Waals surface area contributed by atoms with Gasteiger partial charge in [0.05, 0.1) is 0 Å². The van der Waals surface area contributed by atoms with Crippen molar-refractivity contribution in [2.24, 2.45) is 7.05 Å². The van der Waals surface area contributed by atoms with Gasteiger partial charge in [0.25, 0.3) is 0 Å². The highest BCUT2D eigenvalue weighted by molar-refractivity contribution is 9.10. The predicted molar refractivity (Wildman–Crippen MR) is 87.0 cm³/mol. The van der Waals surface area contributed by atoms with Crippen molar-refractivity contribution in [1.29, 1.82) is 0 Å². The van der Waals surface area contributed by atoms with Crippen molar-refractivity contribution in [2.45, 2.75) is 31.6 Å². The van der Waals surface area contributed by atoms with Gasteiger partial charge in [0.2, 0.25) is 0 Å². The predicted octanol–water partition coefficient (Wildman–Crippen LogP) is 4.74. The molecule has 0 bridgehead atoms. The van der Waals surface area contributed by atoms with E-state index in [9.17, 15) is 0 Å². The van der Waals surface area contributed by atoms with Crippen molar-refractivity contribution in [2.75, 3.05) is 5.73 Å². The molecule has 1 saturated carbocycles. The number of imidazole rings is 1. The summed E-state index contributed by atoms with van der Waals surface area (Å²) in [5, 5.41) is 0.690. The fraction of sp³-hybridized carbons (Fsp3) is 0.400. The van der Waals surface area contributed by atoms with Gasteiger partial charge in [0, 0.05) is 28.0 Å². The molecule has 1 fully saturated rings. The molecule has 1 aliphatic carbocycles. The standard InChI is InChI=1S/C15H17BrClN3/c1-20-14(18)13(11-8-10(17)6-7-12(11)16)19-15(20)9-4-2-3-5-9/h6-9H,2-5,18H2,1H3. The van der Waals surface area contributed by atoms with Gasteiger partial charge in [-0.3, -0.25) is 0 Å². The van der Waals surface area contributed by atoms with Crippen LogP contribution in [0.15, 0.2) is 22.7 Å². The van der Waals surface area contributed by atoms with Gasteiger partial charge in [0.15, 0.2) is 0 Å². The highest BCUT2D eigenvalue weighted by Gasteiger charge is 2.25. The molecule has 1 aromatic heterocycles. The van der Waals surface area contributed by atoms with Gasteiger partial charge in [-0.2, -0.15) is 0 Å². The minimum atomic E-state index is 0.536. The van der Waals surface area contributed by atoms with Crippen LogP contribution in [0.2, 0.25) is 5.02 Å². The van der Waals surface area contributed by atoms with Gasteiger partial charge in [-0.15, -0.1) is 0 Å². The van der Waals surface area contributed by atoms with Crippen LogP contribution >= 0.6 is 27.5 Å². The SMILES string of the molecule is Cn1c(C2CCCC2)nc(-c2cc(Cl)ccc2Br)c1N. The molecule has 1 heterocycles. The smallest absolute Gasteiger partial charge is 0.131 e. The molecule has 0 radical (unpaired) electrons. The Labute approximate surface area is 132 Å². The molecule has 1 aliphatic rings. The van der Waals surface area contributed by atoms with E-state index < -0.39 is 0 Å². The molecule has 106 valence electrons. The lowest BCUT2D eigenvalue weighted by atomic mass is 10.1. The first kappa shape index (κ1) is 14.0. The molecule has 0 atom stereocenters. The first-order valence-corrected chi connectivity index (χ1v) is 8.02. The summed E-state index contributed by atoms with van der Waals surface area (Å²) in [6.45, 7) is 0. The summed E-state index contributed by atoms with van der Waals surface area (Å²) in [5.74, 6) is 2.34. The molecule has 2 N–H and O–H groups in total. The molecule has 0 amide bonds. The van der Waals surface area contributed by atoms with Gasteiger partial charge in [-0.25, -0.2) is 4.98 Å². The Hall–Kier alpha value is -1.00. The minimum absolute atomic E-state index is 0.536. The number of benzene rings is 1. The maximum atomic E-state index is 6.26. The second kappa shape index (κ2) is 5.41. The van der Waals surface area contributed by atoms with Crippen LogP contribution in [0.3, 0.4) is 0 Å². The maximum absolute atomic E-state index is 6.26. The molecular weight excluding hydrogens is 338 g/mol. The van der Waals surface area contributed by atoms with E-state index in [1.807, 2.05) is 29.8 Å². The summed E-state index contributed by atoms with van der Waals surface area (Å²) in [6, 6.07) is 5.69. The molecule has 0 aliphatic heterocycles. The van der Waals surface area contributed by atoms with Crippen LogP contribution in [0, 0.1) is 0 Å². The minimum Gasteiger partial charge on any atom is -0.383 e. The maximum Gasteiger partial charge on any atom is 0.131 e. The van der Waals surface area contributed by atoms with Crippen LogP contribution in [-0.2, 0) is 7.05 Å². The van der Waals surface area contributed by atoms with Crippen molar-refractivity contribution in [1.82, 2.24) is 9.55 Å². The molecule has 0 saturated heterocycles. The fourth-order valence-corrected chi connectivity index (χ4v) is 3.56. The van der Waals surface area contributed by atoms with Gasteiger partial charge in [0.1, 0.15) is 17.3 Å². The summed E-state index contributed by atoms with van der Waals surface area (Å²) < 4.78 is 2.99. The number of halogens is 2. The van der Waals surface area contributed by atoms with E-state index in [2.05, 4.69) is 15.9 Å². The van der Waals surface area contributed by atoms with Crippen LogP contribution in [-0.4, -0.2) is 9.55 Å². The Balaban J connectivity index is 2.10. The summed E-state index contributed by atoms with van der Waals surface area (Å²) in [7, 11) is 2.00. The van der Waals surface area contributed by atoms with Crippen molar-refractivity contribution < 1.29 is 0 Å². The summed E-state index contributed by atoms with van der Waals surface area (Å²) in [5.41, 5.74) is 8.04. The zero-order valence-electron chi connectivity index (χ0n) is 11.4. The second-order valence-electron chi connectivity index (χ2n) is 5.37. The first-order valence-electron chi connectivity index (χ1n) is 6.85. The second-order valence-corrected chi connectivity index (χ2v) is 6.66. The lowest BCUT2D eigenvalue weighted by Crippen LogP contribution is -2.05. The summed E-state index contributed by atoms with van der Waals surface area (Å²) >= 11 is 9.65. The van der Waals surface area contributed by atoms with Gasteiger partial charge >= 0.3 is 0 Å². The Bertz CT molecular complexity index is 645. The molecule has 0 unspecified atom stereocenters. The zero-order valence-corrected chi connectivity index (χ0v) is 13.7. The van der Waals surface area contributed by atoms with E-state index in [4.69, 9.17) is 22.3 Å². The normalized spacial score (nSPS) is 15.9. The Kier molecular flexibility index (Phi) is 3.78. The molecule has 0 spiro atoms. The molecule has 5 heteroatoms. The lowest BCUT2D eigenvalue weighted by Gasteiger charge is -2.08. The highest BCUT2D eigenvalue weighted by Crippen LogP contribution is 2.39. The van der Waals surface area contributed by atoms with Gasteiger partial charge in [-0.1, -0.05) is 40.4 Å². The Morgan fingerprint density at radius 2 is 2.05 bits per heavy atom. The van der Waals surface area contributed by atoms with E-state index in [-0.39, 0.29) is 0 Å². The number of aromatic nitrogens is 2. The molecule has 3 rings (SSSR count). The topological polar surface area (TPSA) is 43.8 Å². The van der Waals surface area contributed by atoms with Crippen LogP contribution in [0.4, 0.5) is 5.82 Å². The van der Waals surface area contributed by atoms with Crippen LogP contribution < -0.4 is 5.73 Å². The van der Waals surface area contributed by atoms with Crippen molar-refractivity contribution in [3.8, 4) is 11.3 Å². The lowest BCUT2D eigenvalue weighted by molar-refractivity contribution is 0.635. The summed E-state index contributed by atoms with van der Waals surface area (Å²) in [4.78, 5) is 4.81. The van der Waals surface area contributed by atoms with Crippen molar-refractivity contribution >= 4 is 33.3 Å².